The van der Waals surface area contributed by atoms with Crippen LogP contribution in [0.5, 0.6) is 0 Å². The van der Waals surface area contributed by atoms with Crippen LogP contribution in [0.1, 0.15) is 50.7 Å². The van der Waals surface area contributed by atoms with Gasteiger partial charge in [-0.25, -0.2) is 15.0 Å². The second-order valence-electron chi connectivity index (χ2n) is 8.63. The fourth-order valence-electron chi connectivity index (χ4n) is 3.58. The number of carbonyl (C=O) groups excluding carboxylic acids is 1. The molecule has 1 amide bonds. The van der Waals surface area contributed by atoms with Gasteiger partial charge in [-0.15, -0.1) is 0 Å². The summed E-state index contributed by atoms with van der Waals surface area (Å²) in [4.78, 5) is 30.3. The van der Waals surface area contributed by atoms with E-state index in [4.69, 9.17) is 10.1 Å². The summed E-state index contributed by atoms with van der Waals surface area (Å²) in [5.41, 5.74) is 5.01. The van der Waals surface area contributed by atoms with E-state index in [1.807, 2.05) is 24.7 Å². The van der Waals surface area contributed by atoms with Crippen molar-refractivity contribution < 1.29 is 9.53 Å². The van der Waals surface area contributed by atoms with Gasteiger partial charge in [0, 0.05) is 32.4 Å². The molecule has 0 aromatic carbocycles. The van der Waals surface area contributed by atoms with Gasteiger partial charge in [-0.3, -0.25) is 4.79 Å². The van der Waals surface area contributed by atoms with Crippen molar-refractivity contribution in [3.8, 4) is 0 Å². The van der Waals surface area contributed by atoms with E-state index in [-0.39, 0.29) is 5.91 Å². The fourth-order valence-corrected chi connectivity index (χ4v) is 3.58. The number of nitrogens with zero attached hydrogens (tertiary/aromatic N) is 5. The van der Waals surface area contributed by atoms with Crippen LogP contribution < -0.4 is 0 Å². The second-order valence-corrected chi connectivity index (χ2v) is 8.63. The number of fused-ring (bicyclic) bond motifs is 1. The monoisotopic (exact) mass is 489 g/mol. The number of unbranched alkanes of at least 4 members (excludes halogenated alkanes) is 1. The van der Waals surface area contributed by atoms with E-state index in [9.17, 15) is 4.79 Å². The van der Waals surface area contributed by atoms with Gasteiger partial charge in [0.25, 0.3) is 5.91 Å². The van der Waals surface area contributed by atoms with E-state index in [0.717, 1.165) is 29.8 Å². The summed E-state index contributed by atoms with van der Waals surface area (Å²) in [5, 5.41) is 6.92. The maximum absolute atomic E-state index is 12.7. The van der Waals surface area contributed by atoms with Gasteiger partial charge in [0.1, 0.15) is 5.69 Å². The summed E-state index contributed by atoms with van der Waals surface area (Å²) in [6, 6.07) is 0. The molecule has 0 saturated carbocycles. The molecule has 0 radical (unpaired) electrons. The number of carbonyl (C=O) groups is 1. The number of aliphatic imine (C=N–C) groups is 1. The summed E-state index contributed by atoms with van der Waals surface area (Å²) >= 11 is 0. The summed E-state index contributed by atoms with van der Waals surface area (Å²) in [6.07, 6.45) is 19.4. The van der Waals surface area contributed by atoms with E-state index < -0.39 is 0 Å². The standard InChI is InChI=1S/C15H16N6O2.C12H19N/c1-20-6-12(19-9-20)14-16-4-2-13(23-14)15(22)21-5-3-10-11(7-21)18-8-17-10;1-4-5-6-7-8-11(2)12(3)9-10-13/h2,6,8-9H,3-5,7H2,1H3,(H,17,18);6-10,13H,4-5H2,1-3H3/b;7-6-,11-8-,12-9+,13-10?. The number of hydrogen-bond acceptors (Lipinski definition) is 6. The molecule has 0 aliphatic carbocycles. The van der Waals surface area contributed by atoms with Gasteiger partial charge in [0.15, 0.2) is 5.76 Å². The Hall–Kier alpha value is -4.01. The number of aryl methyl sites for hydroxylation is 1. The Morgan fingerprint density at radius 1 is 1.25 bits per heavy atom. The van der Waals surface area contributed by atoms with Crippen LogP contribution in [0.3, 0.4) is 0 Å². The van der Waals surface area contributed by atoms with E-state index in [1.54, 1.807) is 29.7 Å². The number of aromatic amines is 1. The third-order valence-corrected chi connectivity index (χ3v) is 5.81. The molecule has 2 aromatic heterocycles. The molecule has 36 heavy (non-hydrogen) atoms. The van der Waals surface area contributed by atoms with Crippen molar-refractivity contribution in [2.45, 2.75) is 46.6 Å². The molecule has 0 saturated heterocycles. The fraction of sp³-hybridized carbons (Fsp3) is 0.370. The van der Waals surface area contributed by atoms with Crippen molar-refractivity contribution in [1.29, 1.82) is 5.41 Å². The Kier molecular flexibility index (Phi) is 9.73. The van der Waals surface area contributed by atoms with Crippen LogP contribution in [0.4, 0.5) is 0 Å². The number of imidazole rings is 2. The summed E-state index contributed by atoms with van der Waals surface area (Å²) in [5.74, 6) is 0.563. The number of ether oxygens (including phenoxy) is 1. The van der Waals surface area contributed by atoms with E-state index >= 15 is 0 Å². The molecule has 4 rings (SSSR count). The zero-order chi connectivity index (χ0) is 25.9. The predicted molar refractivity (Wildman–Crippen MR) is 142 cm³/mol. The highest BCUT2D eigenvalue weighted by Gasteiger charge is 2.28. The molecule has 2 aliphatic rings. The lowest BCUT2D eigenvalue weighted by Crippen LogP contribution is -2.38. The molecule has 9 heteroatoms. The zero-order valence-electron chi connectivity index (χ0n) is 21.5. The first kappa shape index (κ1) is 26.6. The molecule has 9 nitrogen and oxygen atoms in total. The number of amides is 1. The lowest BCUT2D eigenvalue weighted by atomic mass is 10.1. The number of nitrogens with one attached hydrogen (secondary N) is 2. The Bertz CT molecular complexity index is 1210. The lowest BCUT2D eigenvalue weighted by molar-refractivity contribution is -0.130. The number of hydrogen-bond donors (Lipinski definition) is 2. The zero-order valence-corrected chi connectivity index (χ0v) is 21.5. The molecule has 0 atom stereocenters. The first-order valence-corrected chi connectivity index (χ1v) is 12.1. The van der Waals surface area contributed by atoms with Gasteiger partial charge in [0.2, 0.25) is 5.90 Å². The van der Waals surface area contributed by atoms with Crippen LogP contribution in [-0.2, 0) is 29.5 Å². The van der Waals surface area contributed by atoms with E-state index in [2.05, 4.69) is 52.0 Å². The molecule has 0 bridgehead atoms. The third-order valence-electron chi connectivity index (χ3n) is 5.81. The second kappa shape index (κ2) is 13.2. The van der Waals surface area contributed by atoms with Crippen LogP contribution in [0.15, 0.2) is 71.1 Å². The first-order chi connectivity index (χ1) is 17.4. The van der Waals surface area contributed by atoms with Gasteiger partial charge in [0.05, 0.1) is 37.1 Å². The predicted octanol–water partition coefficient (Wildman–Crippen LogP) is 4.27. The first-order valence-electron chi connectivity index (χ1n) is 12.1. The number of rotatable bonds is 7. The number of aromatic nitrogens is 4. The van der Waals surface area contributed by atoms with Gasteiger partial charge in [-0.2, -0.15) is 0 Å². The summed E-state index contributed by atoms with van der Waals surface area (Å²) in [6.45, 7) is 7.81. The van der Waals surface area contributed by atoms with Crippen molar-refractivity contribution in [2.75, 3.05) is 13.1 Å². The molecule has 0 spiro atoms. The Balaban J connectivity index is 0.000000240. The molecular formula is C27H35N7O2. The lowest BCUT2D eigenvalue weighted by Gasteiger charge is -2.27. The molecule has 2 N–H and O–H groups in total. The third kappa shape index (κ3) is 7.24. The molecule has 0 fully saturated rings. The average molecular weight is 490 g/mol. The SMILES string of the molecule is CCC\C=C/C=C(C)\C(C)=C\C=N.Cn1cnc(C2=NCC=C(C(=O)N3CCc4nc[nH]c4C3)O2)c1. The normalized spacial score (nSPS) is 15.9. The van der Waals surface area contributed by atoms with E-state index in [1.165, 1.54) is 18.2 Å². The van der Waals surface area contributed by atoms with Gasteiger partial charge < -0.3 is 24.6 Å². The minimum atomic E-state index is -0.131. The molecule has 0 unspecified atom stereocenters. The Labute approximate surface area is 212 Å². The van der Waals surface area contributed by atoms with Crippen molar-refractivity contribution in [3.05, 3.63) is 83.2 Å². The highest BCUT2D eigenvalue weighted by atomic mass is 16.5. The highest BCUT2D eigenvalue weighted by molar-refractivity contribution is 6.00. The molecule has 4 heterocycles. The van der Waals surface area contributed by atoms with Gasteiger partial charge in [-0.05, 0) is 43.6 Å². The van der Waals surface area contributed by atoms with Gasteiger partial charge in [-0.1, -0.05) is 31.6 Å². The minimum absolute atomic E-state index is 0.131. The molecular weight excluding hydrogens is 454 g/mol. The average Bonchev–Trinajstić information content (AvgIpc) is 3.55. The minimum Gasteiger partial charge on any atom is -0.432 e. The smallest absolute Gasteiger partial charge is 0.289 e. The number of H-pyrrole nitrogens is 1. The van der Waals surface area contributed by atoms with Crippen molar-refractivity contribution in [1.82, 2.24) is 24.4 Å². The topological polar surface area (TPSA) is 112 Å². The maximum atomic E-state index is 12.7. The molecule has 2 aliphatic heterocycles. The molecule has 2 aromatic rings. The van der Waals surface area contributed by atoms with Crippen LogP contribution >= 0.6 is 0 Å². The largest absolute Gasteiger partial charge is 0.432 e. The van der Waals surface area contributed by atoms with Crippen LogP contribution in [0.25, 0.3) is 0 Å². The van der Waals surface area contributed by atoms with Crippen molar-refractivity contribution >= 4 is 18.0 Å². The van der Waals surface area contributed by atoms with Crippen LogP contribution in [0.2, 0.25) is 0 Å². The Morgan fingerprint density at radius 3 is 2.78 bits per heavy atom. The van der Waals surface area contributed by atoms with Crippen LogP contribution in [0, 0.1) is 5.41 Å². The maximum Gasteiger partial charge on any atom is 0.289 e. The van der Waals surface area contributed by atoms with Crippen molar-refractivity contribution in [3.63, 3.8) is 0 Å². The highest BCUT2D eigenvalue weighted by Crippen LogP contribution is 2.19. The molecule has 190 valence electrons. The van der Waals surface area contributed by atoms with Gasteiger partial charge >= 0.3 is 0 Å². The van der Waals surface area contributed by atoms with Crippen molar-refractivity contribution in [2.24, 2.45) is 12.0 Å². The quantitative estimate of drug-likeness (QED) is 0.447. The summed E-state index contributed by atoms with van der Waals surface area (Å²) in [7, 11) is 1.87. The summed E-state index contributed by atoms with van der Waals surface area (Å²) < 4.78 is 7.50. The van der Waals surface area contributed by atoms with Crippen LogP contribution in [-0.4, -0.2) is 55.5 Å². The Morgan fingerprint density at radius 2 is 2.06 bits per heavy atom. The van der Waals surface area contributed by atoms with E-state index in [0.29, 0.717) is 37.0 Å². The number of allylic oxidation sites excluding steroid dienone is 6.